The summed E-state index contributed by atoms with van der Waals surface area (Å²) in [6.07, 6.45) is 13.9. The first kappa shape index (κ1) is 33.2. The van der Waals surface area contributed by atoms with Crippen LogP contribution in [-0.4, -0.2) is 66.7 Å². The van der Waals surface area contributed by atoms with Gasteiger partial charge in [0.2, 0.25) is 0 Å². The average molecular weight is 650 g/mol. The molecule has 1 N–H and O–H groups in total. The first-order valence-electron chi connectivity index (χ1n) is 18.6. The molecular weight excluding hydrogens is 594 g/mol. The zero-order chi connectivity index (χ0) is 33.4. The Kier molecular flexibility index (Phi) is 9.91. The molecule has 48 heavy (non-hydrogen) atoms. The second-order valence-corrected chi connectivity index (χ2v) is 15.4. The maximum atomic E-state index is 14.2. The van der Waals surface area contributed by atoms with E-state index in [0.29, 0.717) is 12.5 Å². The van der Waals surface area contributed by atoms with Crippen LogP contribution in [0.4, 0.5) is 0 Å². The largest absolute Gasteiger partial charge is 0.465 e. The Bertz CT molecular complexity index is 1780. The Hall–Kier alpha value is -3.26. The monoisotopic (exact) mass is 649 g/mol. The van der Waals surface area contributed by atoms with Crippen LogP contribution in [0.25, 0.3) is 22.3 Å². The van der Waals surface area contributed by atoms with E-state index in [9.17, 15) is 4.79 Å². The van der Waals surface area contributed by atoms with Gasteiger partial charge in [0.05, 0.1) is 29.7 Å². The van der Waals surface area contributed by atoms with E-state index in [4.69, 9.17) is 9.72 Å². The number of nitrogens with one attached hydrogen (secondary N) is 1. The quantitative estimate of drug-likeness (QED) is 0.159. The molecule has 7 nitrogen and oxygen atoms in total. The molecule has 3 aromatic rings. The summed E-state index contributed by atoms with van der Waals surface area (Å²) in [6, 6.07) is 8.77. The predicted molar refractivity (Wildman–Crippen MR) is 197 cm³/mol. The van der Waals surface area contributed by atoms with Crippen molar-refractivity contribution in [1.29, 1.82) is 0 Å². The van der Waals surface area contributed by atoms with Gasteiger partial charge in [0.25, 0.3) is 5.56 Å². The van der Waals surface area contributed by atoms with Crippen LogP contribution in [0.1, 0.15) is 99.8 Å². The van der Waals surface area contributed by atoms with Crippen molar-refractivity contribution in [1.82, 2.24) is 24.7 Å². The highest BCUT2D eigenvalue weighted by atomic mass is 16.5. The summed E-state index contributed by atoms with van der Waals surface area (Å²) in [6.45, 7) is 10.7. The predicted octanol–water partition coefficient (Wildman–Crippen LogP) is 7.40. The van der Waals surface area contributed by atoms with Gasteiger partial charge >= 0.3 is 0 Å². The van der Waals surface area contributed by atoms with Gasteiger partial charge in [-0.1, -0.05) is 37.3 Å². The third-order valence-electron chi connectivity index (χ3n) is 11.7. The number of allylic oxidation sites excluding steroid dienone is 3. The van der Waals surface area contributed by atoms with E-state index in [2.05, 4.69) is 74.4 Å². The fraction of sp³-hybridized carbons (Fsp3) is 0.561. The van der Waals surface area contributed by atoms with Gasteiger partial charge in [-0.05, 0) is 114 Å². The van der Waals surface area contributed by atoms with Crippen molar-refractivity contribution in [2.45, 2.75) is 97.1 Å². The van der Waals surface area contributed by atoms with E-state index in [0.717, 1.165) is 83.6 Å². The summed E-state index contributed by atoms with van der Waals surface area (Å²) in [5.41, 5.74) is 12.2. The van der Waals surface area contributed by atoms with E-state index in [-0.39, 0.29) is 11.5 Å². The van der Waals surface area contributed by atoms with Crippen molar-refractivity contribution >= 4 is 10.9 Å². The summed E-state index contributed by atoms with van der Waals surface area (Å²) in [7, 11) is 6.34. The molecule has 0 spiro atoms. The zero-order valence-corrected chi connectivity index (χ0v) is 30.0. The van der Waals surface area contributed by atoms with Crippen LogP contribution in [0.2, 0.25) is 0 Å². The van der Waals surface area contributed by atoms with Gasteiger partial charge in [0, 0.05) is 60.7 Å². The lowest BCUT2D eigenvalue weighted by atomic mass is 9.77. The van der Waals surface area contributed by atoms with Gasteiger partial charge in [-0.15, -0.1) is 0 Å². The first-order chi connectivity index (χ1) is 23.3. The molecule has 7 heteroatoms. The number of piperazine rings is 1. The lowest BCUT2D eigenvalue weighted by molar-refractivity contribution is 0.291. The summed E-state index contributed by atoms with van der Waals surface area (Å²) in [5.74, 6) is 1.81. The summed E-state index contributed by atoms with van der Waals surface area (Å²) in [5, 5.41) is 4.40. The van der Waals surface area contributed by atoms with E-state index in [1.807, 2.05) is 10.8 Å². The zero-order valence-electron chi connectivity index (χ0n) is 30.0. The van der Waals surface area contributed by atoms with Crippen molar-refractivity contribution in [2.24, 2.45) is 5.92 Å². The highest BCUT2D eigenvalue weighted by molar-refractivity contribution is 5.88. The van der Waals surface area contributed by atoms with E-state index >= 15 is 0 Å². The van der Waals surface area contributed by atoms with Gasteiger partial charge in [0.1, 0.15) is 5.75 Å². The molecule has 1 aromatic carbocycles. The highest BCUT2D eigenvalue weighted by Gasteiger charge is 2.30. The minimum Gasteiger partial charge on any atom is -0.465 e. The van der Waals surface area contributed by atoms with Crippen LogP contribution >= 0.6 is 0 Å². The number of hydrogen-bond acceptors (Lipinski definition) is 6. The van der Waals surface area contributed by atoms with Crippen molar-refractivity contribution in [3.05, 3.63) is 79.9 Å². The number of nitrogens with zero attached hydrogens (tertiary/aromatic N) is 4. The standard InChI is InChI=1S/C36H43N3O2.C5H12N2/c1-22(26-12-7-13-26)23(2)28-18-33-35-27(19-39(33)36(40)30(28)16-24-8-5-9-24)17-29-31(20-38(3)4)34(15-14-32(29)37-35)41-21-25-10-6-11-25;1-7-4-2-6-3-5-7/h14-15,17-18,21,23-24H,5-13,16,19-20H2,1-4H3;6H,2-5H2,1H3/t23-;/m0./s1. The summed E-state index contributed by atoms with van der Waals surface area (Å²) >= 11 is 0. The molecule has 3 aliphatic carbocycles. The molecule has 1 atom stereocenters. The number of aromatic nitrogens is 2. The number of ether oxygens (including phenoxy) is 1. The molecule has 2 aliphatic heterocycles. The molecule has 4 heterocycles. The normalized spacial score (nSPS) is 19.5. The average Bonchev–Trinajstić information content (AvgIpc) is 3.35. The smallest absolute Gasteiger partial charge is 0.254 e. The number of fused-ring (bicyclic) bond motifs is 4. The molecule has 2 aromatic heterocycles. The van der Waals surface area contributed by atoms with Crippen molar-refractivity contribution < 1.29 is 4.74 Å². The summed E-state index contributed by atoms with van der Waals surface area (Å²) < 4.78 is 8.25. The Morgan fingerprint density at radius 1 is 1.06 bits per heavy atom. The first-order valence-corrected chi connectivity index (χ1v) is 18.6. The lowest BCUT2D eigenvalue weighted by Gasteiger charge is -2.29. The van der Waals surface area contributed by atoms with Crippen molar-refractivity contribution in [3.8, 4) is 17.1 Å². The molecule has 1 saturated heterocycles. The number of hydrogen-bond donors (Lipinski definition) is 1. The second-order valence-electron chi connectivity index (χ2n) is 15.4. The number of pyridine rings is 2. The van der Waals surface area contributed by atoms with Gasteiger partial charge in [-0.2, -0.15) is 0 Å². The van der Waals surface area contributed by atoms with Crippen LogP contribution < -0.4 is 15.6 Å². The fourth-order valence-corrected chi connectivity index (χ4v) is 7.78. The molecule has 0 unspecified atom stereocenters. The van der Waals surface area contributed by atoms with Crippen LogP contribution in [0.3, 0.4) is 0 Å². The van der Waals surface area contributed by atoms with Gasteiger partial charge in [-0.25, -0.2) is 4.98 Å². The topological polar surface area (TPSA) is 62.6 Å². The van der Waals surface area contributed by atoms with E-state index in [1.165, 1.54) is 74.7 Å². The maximum absolute atomic E-state index is 14.2. The third-order valence-corrected chi connectivity index (χ3v) is 11.7. The Labute approximate surface area is 287 Å². The molecular formula is C41H55N5O2. The SMILES string of the molecule is CC(=C1CCC1)[C@H](C)c1cc2n(c(=O)c1CC1CCC1)Cc1cc3c(CN(C)C)c(OC=C4CCC4)ccc3nc1-2.CN1CCNCC1. The minimum absolute atomic E-state index is 0.203. The van der Waals surface area contributed by atoms with Crippen molar-refractivity contribution in [3.63, 3.8) is 0 Å². The lowest BCUT2D eigenvalue weighted by Crippen LogP contribution is -2.40. The van der Waals surface area contributed by atoms with Crippen LogP contribution in [0.15, 0.2) is 52.0 Å². The summed E-state index contributed by atoms with van der Waals surface area (Å²) in [4.78, 5) is 24.0. The molecule has 5 aliphatic rings. The Balaban J connectivity index is 0.000000465. The minimum atomic E-state index is 0.203. The molecule has 0 radical (unpaired) electrons. The van der Waals surface area contributed by atoms with Gasteiger partial charge in [-0.3, -0.25) is 4.79 Å². The van der Waals surface area contributed by atoms with E-state index in [1.54, 1.807) is 5.57 Å². The number of rotatable bonds is 8. The van der Waals surface area contributed by atoms with Crippen LogP contribution in [-0.2, 0) is 19.5 Å². The molecule has 256 valence electrons. The van der Waals surface area contributed by atoms with Gasteiger partial charge < -0.3 is 24.4 Å². The van der Waals surface area contributed by atoms with Gasteiger partial charge in [0.15, 0.2) is 0 Å². The highest BCUT2D eigenvalue weighted by Crippen LogP contribution is 2.41. The van der Waals surface area contributed by atoms with E-state index < -0.39 is 0 Å². The fourth-order valence-electron chi connectivity index (χ4n) is 7.78. The molecule has 0 amide bonds. The Morgan fingerprint density at radius 2 is 1.81 bits per heavy atom. The number of benzene rings is 1. The van der Waals surface area contributed by atoms with Crippen molar-refractivity contribution in [2.75, 3.05) is 47.3 Å². The third kappa shape index (κ3) is 6.79. The molecule has 4 fully saturated rings. The van der Waals surface area contributed by atoms with Crippen LogP contribution in [0.5, 0.6) is 5.75 Å². The maximum Gasteiger partial charge on any atom is 0.254 e. The van der Waals surface area contributed by atoms with Crippen LogP contribution in [0, 0.1) is 5.92 Å². The molecule has 3 saturated carbocycles. The number of likely N-dealkylation sites (N-methyl/N-ethyl adjacent to an activating group) is 1. The Morgan fingerprint density at radius 3 is 2.40 bits per heavy atom. The second kappa shape index (κ2) is 14.3. The molecule has 0 bridgehead atoms. The molecule has 8 rings (SSSR count).